The fourth-order valence-corrected chi connectivity index (χ4v) is 4.37. The highest BCUT2D eigenvalue weighted by atomic mass is 16.4. The molecule has 2 rings (SSSR count). The van der Waals surface area contributed by atoms with Crippen molar-refractivity contribution < 1.29 is 19.5 Å². The van der Waals surface area contributed by atoms with Gasteiger partial charge in [-0.05, 0) is 52.0 Å². The van der Waals surface area contributed by atoms with Crippen LogP contribution in [0.25, 0.3) is 0 Å². The van der Waals surface area contributed by atoms with Crippen LogP contribution in [0.2, 0.25) is 0 Å². The smallest absolute Gasteiger partial charge is 0.317 e. The number of rotatable bonds is 7. The zero-order chi connectivity index (χ0) is 19.8. The molecule has 1 saturated heterocycles. The first kappa shape index (κ1) is 21.7. The van der Waals surface area contributed by atoms with Gasteiger partial charge in [0, 0.05) is 25.6 Å². The summed E-state index contributed by atoms with van der Waals surface area (Å²) in [5.74, 6) is -0.418. The topological polar surface area (TPSA) is 90.0 Å². The molecule has 2 amide bonds. The third-order valence-electron chi connectivity index (χ3n) is 5.96. The van der Waals surface area contributed by atoms with Gasteiger partial charge in [-0.25, -0.2) is 0 Å². The molecule has 0 bridgehead atoms. The van der Waals surface area contributed by atoms with Gasteiger partial charge in [0.05, 0.1) is 6.54 Å². The lowest BCUT2D eigenvalue weighted by atomic mass is 9.87. The summed E-state index contributed by atoms with van der Waals surface area (Å²) in [4.78, 5) is 39.6. The van der Waals surface area contributed by atoms with Gasteiger partial charge in [0.25, 0.3) is 0 Å². The van der Waals surface area contributed by atoms with Gasteiger partial charge in [0.2, 0.25) is 11.8 Å². The molecule has 1 heterocycles. The molecule has 27 heavy (non-hydrogen) atoms. The minimum absolute atomic E-state index is 0.0170. The van der Waals surface area contributed by atoms with Crippen LogP contribution in [0, 0.1) is 5.92 Å². The Balaban J connectivity index is 1.78. The molecule has 2 fully saturated rings. The molecule has 0 radical (unpaired) electrons. The largest absolute Gasteiger partial charge is 0.480 e. The lowest BCUT2D eigenvalue weighted by Crippen LogP contribution is -2.47. The molecule has 0 aromatic heterocycles. The SMILES string of the molecule is CC(NC(=O)CC1CCCCC1)C(=O)N1CCCC(N(C)CC(=O)O)CC1. The fraction of sp³-hybridized carbons (Fsp3) is 0.850. The van der Waals surface area contributed by atoms with Gasteiger partial charge in [-0.3, -0.25) is 19.3 Å². The maximum atomic E-state index is 12.7. The number of likely N-dealkylation sites (tertiary alicyclic amines) is 1. The van der Waals surface area contributed by atoms with Crippen molar-refractivity contribution in [2.24, 2.45) is 5.92 Å². The molecule has 1 saturated carbocycles. The van der Waals surface area contributed by atoms with E-state index in [9.17, 15) is 14.4 Å². The van der Waals surface area contributed by atoms with Crippen molar-refractivity contribution in [2.45, 2.75) is 76.8 Å². The number of carboxylic acid groups (broad SMARTS) is 1. The van der Waals surface area contributed by atoms with E-state index in [1.807, 2.05) is 16.8 Å². The number of nitrogens with one attached hydrogen (secondary N) is 1. The minimum atomic E-state index is -0.830. The van der Waals surface area contributed by atoms with Gasteiger partial charge in [-0.15, -0.1) is 0 Å². The number of nitrogens with zero attached hydrogens (tertiary/aromatic N) is 2. The minimum Gasteiger partial charge on any atom is -0.480 e. The van der Waals surface area contributed by atoms with E-state index in [1.165, 1.54) is 19.3 Å². The Hall–Kier alpha value is -1.63. The van der Waals surface area contributed by atoms with E-state index in [-0.39, 0.29) is 24.4 Å². The number of carbonyl (C=O) groups excluding carboxylic acids is 2. The highest BCUT2D eigenvalue weighted by Gasteiger charge is 2.27. The Kier molecular flexibility index (Phi) is 8.54. The predicted molar refractivity (Wildman–Crippen MR) is 103 cm³/mol. The maximum absolute atomic E-state index is 12.7. The maximum Gasteiger partial charge on any atom is 0.317 e. The number of aliphatic carboxylic acids is 1. The van der Waals surface area contributed by atoms with Crippen molar-refractivity contribution in [2.75, 3.05) is 26.7 Å². The molecule has 1 aliphatic heterocycles. The first-order valence-electron chi connectivity index (χ1n) is 10.4. The van der Waals surface area contributed by atoms with Crippen molar-refractivity contribution in [3.8, 4) is 0 Å². The second-order valence-corrected chi connectivity index (χ2v) is 8.22. The monoisotopic (exact) mass is 381 g/mol. The summed E-state index contributed by atoms with van der Waals surface area (Å²) in [6.07, 6.45) is 8.94. The summed E-state index contributed by atoms with van der Waals surface area (Å²) in [6.45, 7) is 3.06. The Morgan fingerprint density at radius 1 is 1.07 bits per heavy atom. The van der Waals surface area contributed by atoms with Gasteiger partial charge in [-0.2, -0.15) is 0 Å². The van der Waals surface area contributed by atoms with E-state index in [4.69, 9.17) is 5.11 Å². The number of amides is 2. The van der Waals surface area contributed by atoms with Gasteiger partial charge < -0.3 is 15.3 Å². The second-order valence-electron chi connectivity index (χ2n) is 8.22. The number of hydrogen-bond acceptors (Lipinski definition) is 4. The molecule has 2 aliphatic rings. The van der Waals surface area contributed by atoms with E-state index in [2.05, 4.69) is 5.32 Å². The number of carboxylic acids is 1. The molecule has 2 unspecified atom stereocenters. The van der Waals surface area contributed by atoms with E-state index < -0.39 is 12.0 Å². The lowest BCUT2D eigenvalue weighted by molar-refractivity contribution is -0.138. The van der Waals surface area contributed by atoms with Crippen molar-refractivity contribution in [1.29, 1.82) is 0 Å². The number of hydrogen-bond donors (Lipinski definition) is 2. The summed E-state index contributed by atoms with van der Waals surface area (Å²) in [6, 6.07) is -0.329. The van der Waals surface area contributed by atoms with Gasteiger partial charge in [0.1, 0.15) is 6.04 Å². The second kappa shape index (κ2) is 10.6. The summed E-state index contributed by atoms with van der Waals surface area (Å²) in [5, 5.41) is 11.8. The van der Waals surface area contributed by atoms with Gasteiger partial charge in [0.15, 0.2) is 0 Å². The van der Waals surface area contributed by atoms with Crippen LogP contribution in [-0.2, 0) is 14.4 Å². The van der Waals surface area contributed by atoms with Gasteiger partial charge >= 0.3 is 5.97 Å². The quantitative estimate of drug-likeness (QED) is 0.702. The molecule has 7 heteroatoms. The Labute approximate surface area is 162 Å². The fourth-order valence-electron chi connectivity index (χ4n) is 4.37. The van der Waals surface area contributed by atoms with Crippen LogP contribution in [0.15, 0.2) is 0 Å². The van der Waals surface area contributed by atoms with Crippen LogP contribution in [0.5, 0.6) is 0 Å². The molecule has 2 N–H and O–H groups in total. The van der Waals surface area contributed by atoms with E-state index in [0.29, 0.717) is 25.4 Å². The van der Waals surface area contributed by atoms with E-state index >= 15 is 0 Å². The zero-order valence-corrected chi connectivity index (χ0v) is 16.8. The van der Waals surface area contributed by atoms with Crippen molar-refractivity contribution in [3.63, 3.8) is 0 Å². The molecule has 0 aromatic carbocycles. The third-order valence-corrected chi connectivity index (χ3v) is 5.96. The molecule has 154 valence electrons. The summed E-state index contributed by atoms with van der Waals surface area (Å²) >= 11 is 0. The van der Waals surface area contributed by atoms with Crippen LogP contribution >= 0.6 is 0 Å². The van der Waals surface area contributed by atoms with Crippen molar-refractivity contribution in [1.82, 2.24) is 15.1 Å². The molecule has 0 aromatic rings. The number of likely N-dealkylation sites (N-methyl/N-ethyl adjacent to an activating group) is 1. The van der Waals surface area contributed by atoms with Crippen LogP contribution in [0.4, 0.5) is 0 Å². The summed E-state index contributed by atoms with van der Waals surface area (Å²) in [7, 11) is 1.82. The Morgan fingerprint density at radius 2 is 1.78 bits per heavy atom. The molecule has 7 nitrogen and oxygen atoms in total. The summed E-state index contributed by atoms with van der Waals surface area (Å²) in [5.41, 5.74) is 0. The third kappa shape index (κ3) is 7.13. The van der Waals surface area contributed by atoms with E-state index in [1.54, 1.807) is 6.92 Å². The molecule has 2 atom stereocenters. The van der Waals surface area contributed by atoms with Crippen LogP contribution < -0.4 is 5.32 Å². The molecular weight excluding hydrogens is 346 g/mol. The first-order valence-corrected chi connectivity index (χ1v) is 10.4. The number of carbonyl (C=O) groups is 3. The van der Waals surface area contributed by atoms with Crippen LogP contribution in [0.1, 0.15) is 64.7 Å². The Morgan fingerprint density at radius 3 is 2.44 bits per heavy atom. The lowest BCUT2D eigenvalue weighted by Gasteiger charge is -2.27. The van der Waals surface area contributed by atoms with Crippen LogP contribution in [-0.4, -0.2) is 71.5 Å². The average molecular weight is 382 g/mol. The zero-order valence-electron chi connectivity index (χ0n) is 16.8. The molecule has 0 spiro atoms. The average Bonchev–Trinajstić information content (AvgIpc) is 2.87. The van der Waals surface area contributed by atoms with Crippen molar-refractivity contribution in [3.05, 3.63) is 0 Å². The van der Waals surface area contributed by atoms with Crippen molar-refractivity contribution >= 4 is 17.8 Å². The highest BCUT2D eigenvalue weighted by Crippen LogP contribution is 2.26. The predicted octanol–water partition coefficient (Wildman–Crippen LogP) is 1.86. The Bertz CT molecular complexity index is 519. The van der Waals surface area contributed by atoms with Gasteiger partial charge in [-0.1, -0.05) is 19.3 Å². The summed E-state index contributed by atoms with van der Waals surface area (Å²) < 4.78 is 0. The normalized spacial score (nSPS) is 22.9. The first-order chi connectivity index (χ1) is 12.9. The molecule has 1 aliphatic carbocycles. The van der Waals surface area contributed by atoms with Crippen LogP contribution in [0.3, 0.4) is 0 Å². The molecular formula is C20H35N3O4. The standard InChI is InChI=1S/C20H35N3O4/c1-15(21-18(24)13-16-7-4-3-5-8-16)20(27)23-11-6-9-17(10-12-23)22(2)14-19(25)26/h15-17H,3-14H2,1-2H3,(H,21,24)(H,25,26). The van der Waals surface area contributed by atoms with E-state index in [0.717, 1.165) is 32.1 Å². The highest BCUT2D eigenvalue weighted by molar-refractivity contribution is 5.87.